The fraction of sp³-hybridized carbons (Fsp3) is 0.688. The smallest absolute Gasteiger partial charge is 0.242 e. The van der Waals surface area contributed by atoms with Crippen LogP contribution in [0.15, 0.2) is 12.2 Å². The zero-order valence-corrected chi connectivity index (χ0v) is 12.5. The van der Waals surface area contributed by atoms with E-state index in [4.69, 9.17) is 0 Å². The Kier molecular flexibility index (Phi) is 3.83. The van der Waals surface area contributed by atoms with Crippen molar-refractivity contribution in [2.24, 2.45) is 17.8 Å². The third kappa shape index (κ3) is 2.61. The molecule has 2 fully saturated rings. The minimum atomic E-state index is -0.240. The number of allylic oxidation sites excluding steroid dienone is 2. The molecule has 5 heteroatoms. The van der Waals surface area contributed by atoms with Crippen LogP contribution < -0.4 is 0 Å². The first-order chi connectivity index (χ1) is 10.1. The molecule has 3 rings (SSSR count). The summed E-state index contributed by atoms with van der Waals surface area (Å²) < 4.78 is 0. The zero-order valence-electron chi connectivity index (χ0n) is 12.5. The van der Waals surface area contributed by atoms with Gasteiger partial charge in [0.15, 0.2) is 0 Å². The molecule has 0 N–H and O–H groups in total. The van der Waals surface area contributed by atoms with Gasteiger partial charge >= 0.3 is 0 Å². The highest BCUT2D eigenvalue weighted by atomic mass is 16.2. The summed E-state index contributed by atoms with van der Waals surface area (Å²) in [5.74, 6) is -0.388. The summed E-state index contributed by atoms with van der Waals surface area (Å²) in [7, 11) is 0. The van der Waals surface area contributed by atoms with Crippen molar-refractivity contribution in [3.8, 4) is 0 Å². The molecule has 1 aliphatic carbocycles. The van der Waals surface area contributed by atoms with E-state index in [9.17, 15) is 14.4 Å². The van der Waals surface area contributed by atoms with Crippen molar-refractivity contribution >= 4 is 17.7 Å². The maximum atomic E-state index is 12.4. The highest BCUT2D eigenvalue weighted by molar-refractivity contribution is 6.07. The summed E-state index contributed by atoms with van der Waals surface area (Å²) >= 11 is 0. The van der Waals surface area contributed by atoms with Gasteiger partial charge in [-0.1, -0.05) is 19.1 Å². The minimum absolute atomic E-state index is 0.0720. The molecule has 21 heavy (non-hydrogen) atoms. The van der Waals surface area contributed by atoms with Crippen LogP contribution in [-0.4, -0.2) is 47.2 Å². The SMILES string of the molecule is C[C@@H]1CCCN(C(=O)CN2C(=O)[C@H]3CC=CC[C@H]3C2=O)C1. The highest BCUT2D eigenvalue weighted by Crippen LogP contribution is 2.35. The molecule has 2 heterocycles. The van der Waals surface area contributed by atoms with Gasteiger partial charge in [-0.05, 0) is 31.6 Å². The average molecular weight is 290 g/mol. The van der Waals surface area contributed by atoms with E-state index in [-0.39, 0.29) is 36.1 Å². The van der Waals surface area contributed by atoms with E-state index >= 15 is 0 Å². The number of likely N-dealkylation sites (tertiary alicyclic amines) is 2. The average Bonchev–Trinajstić information content (AvgIpc) is 2.73. The second-order valence-corrected chi connectivity index (χ2v) is 6.51. The van der Waals surface area contributed by atoms with Crippen LogP contribution >= 0.6 is 0 Å². The molecule has 114 valence electrons. The number of carbonyl (C=O) groups excluding carboxylic acids is 3. The Hall–Kier alpha value is -1.65. The molecule has 0 unspecified atom stereocenters. The topological polar surface area (TPSA) is 57.7 Å². The Morgan fingerprint density at radius 1 is 1.19 bits per heavy atom. The Balaban J connectivity index is 1.66. The highest BCUT2D eigenvalue weighted by Gasteiger charge is 2.47. The van der Waals surface area contributed by atoms with Crippen molar-refractivity contribution < 1.29 is 14.4 Å². The van der Waals surface area contributed by atoms with Crippen LogP contribution in [0, 0.1) is 17.8 Å². The Morgan fingerprint density at radius 3 is 2.38 bits per heavy atom. The zero-order chi connectivity index (χ0) is 15.0. The first-order valence-electron chi connectivity index (χ1n) is 7.86. The lowest BCUT2D eigenvalue weighted by molar-refractivity contribution is -0.147. The standard InChI is InChI=1S/C16H22N2O3/c1-11-5-4-8-17(9-11)14(19)10-18-15(20)12-6-2-3-7-13(12)16(18)21/h2-3,11-13H,4-10H2,1H3/t11-,12-,13+/m1/s1. The van der Waals surface area contributed by atoms with E-state index in [1.54, 1.807) is 4.90 Å². The summed E-state index contributed by atoms with van der Waals surface area (Å²) in [6, 6.07) is 0. The van der Waals surface area contributed by atoms with Crippen LogP contribution in [0.25, 0.3) is 0 Å². The van der Waals surface area contributed by atoms with Crippen molar-refractivity contribution in [1.82, 2.24) is 9.80 Å². The van der Waals surface area contributed by atoms with Crippen LogP contribution in [0.1, 0.15) is 32.6 Å². The molecule has 0 aromatic rings. The van der Waals surface area contributed by atoms with Gasteiger partial charge in [0.05, 0.1) is 11.8 Å². The molecular formula is C16H22N2O3. The molecule has 0 radical (unpaired) electrons. The van der Waals surface area contributed by atoms with E-state index in [0.29, 0.717) is 18.8 Å². The maximum absolute atomic E-state index is 12.4. The van der Waals surface area contributed by atoms with Crippen molar-refractivity contribution in [3.05, 3.63) is 12.2 Å². The van der Waals surface area contributed by atoms with Crippen LogP contribution in [0.2, 0.25) is 0 Å². The number of hydrogen-bond acceptors (Lipinski definition) is 3. The van der Waals surface area contributed by atoms with Crippen LogP contribution in [0.3, 0.4) is 0 Å². The second kappa shape index (κ2) is 5.62. The van der Waals surface area contributed by atoms with Gasteiger partial charge in [0, 0.05) is 13.1 Å². The van der Waals surface area contributed by atoms with E-state index < -0.39 is 0 Å². The van der Waals surface area contributed by atoms with Gasteiger partial charge in [0.2, 0.25) is 17.7 Å². The Labute approximate surface area is 125 Å². The van der Waals surface area contributed by atoms with Gasteiger partial charge in [0.1, 0.15) is 6.54 Å². The van der Waals surface area contributed by atoms with Crippen molar-refractivity contribution in [1.29, 1.82) is 0 Å². The predicted octanol–water partition coefficient (Wildman–Crippen LogP) is 1.20. The fourth-order valence-electron chi connectivity index (χ4n) is 3.68. The lowest BCUT2D eigenvalue weighted by atomic mass is 9.85. The lowest BCUT2D eigenvalue weighted by Gasteiger charge is -2.32. The van der Waals surface area contributed by atoms with Crippen LogP contribution in [0.4, 0.5) is 0 Å². The molecule has 0 aromatic carbocycles. The quantitative estimate of drug-likeness (QED) is 0.567. The summed E-state index contributed by atoms with van der Waals surface area (Å²) in [4.78, 5) is 40.0. The summed E-state index contributed by atoms with van der Waals surface area (Å²) in [6.07, 6.45) is 7.32. The number of imide groups is 1. The first kappa shape index (κ1) is 14.3. The molecule has 2 aliphatic heterocycles. The van der Waals surface area contributed by atoms with Crippen molar-refractivity contribution in [2.45, 2.75) is 32.6 Å². The van der Waals surface area contributed by atoms with E-state index in [0.717, 1.165) is 25.9 Å². The number of hydrogen-bond donors (Lipinski definition) is 0. The first-order valence-corrected chi connectivity index (χ1v) is 7.86. The number of carbonyl (C=O) groups is 3. The summed E-state index contributed by atoms with van der Waals surface area (Å²) in [5.41, 5.74) is 0. The van der Waals surface area contributed by atoms with Crippen LogP contribution in [-0.2, 0) is 14.4 Å². The lowest BCUT2D eigenvalue weighted by Crippen LogP contribution is -2.46. The van der Waals surface area contributed by atoms with E-state index in [1.165, 1.54) is 4.90 Å². The Morgan fingerprint density at radius 2 is 1.81 bits per heavy atom. The molecule has 0 bridgehead atoms. The van der Waals surface area contributed by atoms with Gasteiger partial charge in [-0.2, -0.15) is 0 Å². The predicted molar refractivity (Wildman–Crippen MR) is 77.1 cm³/mol. The van der Waals surface area contributed by atoms with Crippen LogP contribution in [0.5, 0.6) is 0 Å². The van der Waals surface area contributed by atoms with Gasteiger partial charge in [-0.25, -0.2) is 0 Å². The summed E-state index contributed by atoms with van der Waals surface area (Å²) in [5, 5.41) is 0. The normalized spacial score (nSPS) is 32.5. The number of fused-ring (bicyclic) bond motifs is 1. The van der Waals surface area contributed by atoms with Gasteiger partial charge in [-0.15, -0.1) is 0 Å². The number of piperidine rings is 1. The van der Waals surface area contributed by atoms with E-state index in [2.05, 4.69) is 6.92 Å². The number of amides is 3. The number of nitrogens with zero attached hydrogens (tertiary/aromatic N) is 2. The Bertz CT molecular complexity index is 474. The van der Waals surface area contributed by atoms with E-state index in [1.807, 2.05) is 12.2 Å². The number of rotatable bonds is 2. The molecule has 0 aromatic heterocycles. The molecule has 3 amide bonds. The van der Waals surface area contributed by atoms with Crippen molar-refractivity contribution in [2.75, 3.05) is 19.6 Å². The molecule has 3 aliphatic rings. The molecule has 2 saturated heterocycles. The molecule has 0 spiro atoms. The largest absolute Gasteiger partial charge is 0.341 e. The monoisotopic (exact) mass is 290 g/mol. The molecule has 3 atom stereocenters. The molecule has 0 saturated carbocycles. The molecular weight excluding hydrogens is 268 g/mol. The third-order valence-electron chi connectivity index (χ3n) is 4.90. The third-order valence-corrected chi connectivity index (χ3v) is 4.90. The van der Waals surface area contributed by atoms with Gasteiger partial charge in [-0.3, -0.25) is 19.3 Å². The summed E-state index contributed by atoms with van der Waals surface area (Å²) in [6.45, 7) is 3.54. The van der Waals surface area contributed by atoms with Crippen molar-refractivity contribution in [3.63, 3.8) is 0 Å². The minimum Gasteiger partial charge on any atom is -0.341 e. The van der Waals surface area contributed by atoms with Gasteiger partial charge in [0.25, 0.3) is 0 Å². The van der Waals surface area contributed by atoms with Gasteiger partial charge < -0.3 is 4.90 Å². The molecule has 5 nitrogen and oxygen atoms in total. The second-order valence-electron chi connectivity index (χ2n) is 6.51. The fourth-order valence-corrected chi connectivity index (χ4v) is 3.68. The maximum Gasteiger partial charge on any atom is 0.242 e.